The van der Waals surface area contributed by atoms with Gasteiger partial charge in [0.2, 0.25) is 0 Å². The second-order valence-electron chi connectivity index (χ2n) is 4.21. The predicted molar refractivity (Wildman–Crippen MR) is 88.5 cm³/mol. The molecule has 3 nitrogen and oxygen atoms in total. The van der Waals surface area contributed by atoms with Gasteiger partial charge in [-0.05, 0) is 22.9 Å². The van der Waals surface area contributed by atoms with Crippen molar-refractivity contribution < 1.29 is 0 Å². The highest BCUT2D eigenvalue weighted by Crippen LogP contribution is 2.44. The van der Waals surface area contributed by atoms with E-state index in [2.05, 4.69) is 45.0 Å². The van der Waals surface area contributed by atoms with Gasteiger partial charge in [-0.15, -0.1) is 34.0 Å². The molecule has 98 valence electrons. The summed E-state index contributed by atoms with van der Waals surface area (Å²) in [7, 11) is 0. The van der Waals surface area contributed by atoms with Crippen molar-refractivity contribution in [3.8, 4) is 19.5 Å². The molecule has 0 aliphatic rings. The first-order valence-electron chi connectivity index (χ1n) is 5.95. The van der Waals surface area contributed by atoms with Crippen LogP contribution in [0, 0.1) is 0 Å². The van der Waals surface area contributed by atoms with Gasteiger partial charge in [-0.2, -0.15) is 0 Å². The number of nitrogens with zero attached hydrogens (tertiary/aromatic N) is 2. The first-order chi connectivity index (χ1) is 9.83. The van der Waals surface area contributed by atoms with E-state index in [1.165, 1.54) is 14.6 Å². The maximum atomic E-state index is 5.81. The van der Waals surface area contributed by atoms with Gasteiger partial charge in [0.15, 0.2) is 0 Å². The molecule has 0 saturated heterocycles. The minimum Gasteiger partial charge on any atom is -0.382 e. The van der Waals surface area contributed by atoms with Crippen molar-refractivity contribution in [1.82, 2.24) is 9.97 Å². The first kappa shape index (κ1) is 12.0. The van der Waals surface area contributed by atoms with Crippen molar-refractivity contribution in [3.63, 3.8) is 0 Å². The molecular formula is C14H9N3S3. The van der Waals surface area contributed by atoms with E-state index in [0.717, 1.165) is 15.9 Å². The summed E-state index contributed by atoms with van der Waals surface area (Å²) in [6.45, 7) is 0. The SMILES string of the molecule is Nc1cnc2c(-c3cccs3)sc(-c3cccs3)c2n1. The van der Waals surface area contributed by atoms with Gasteiger partial charge in [0.05, 0.1) is 16.0 Å². The second kappa shape index (κ2) is 4.66. The standard InChI is InChI=1S/C14H9N3S3/c15-10-7-16-11-12(17-10)14(9-4-2-6-19-9)20-13(11)8-3-1-5-18-8/h1-7H,(H2,15,17). The molecule has 0 amide bonds. The monoisotopic (exact) mass is 315 g/mol. The fraction of sp³-hybridized carbons (Fsp3) is 0. The van der Waals surface area contributed by atoms with Crippen LogP contribution in [0.25, 0.3) is 30.5 Å². The van der Waals surface area contributed by atoms with E-state index in [1.807, 2.05) is 0 Å². The average molecular weight is 315 g/mol. The number of fused-ring (bicyclic) bond motifs is 1. The van der Waals surface area contributed by atoms with Gasteiger partial charge < -0.3 is 5.73 Å². The Morgan fingerprint density at radius 2 is 1.55 bits per heavy atom. The van der Waals surface area contributed by atoms with E-state index in [-0.39, 0.29) is 0 Å². The van der Waals surface area contributed by atoms with Crippen molar-refractivity contribution >= 4 is 50.9 Å². The molecule has 0 atom stereocenters. The molecule has 0 fully saturated rings. The predicted octanol–water partition coefficient (Wildman–Crippen LogP) is 4.73. The summed E-state index contributed by atoms with van der Waals surface area (Å²) < 4.78 is 0. The fourth-order valence-corrected chi connectivity index (χ4v) is 4.97. The molecule has 0 aliphatic heterocycles. The van der Waals surface area contributed by atoms with Crippen LogP contribution in [-0.2, 0) is 0 Å². The van der Waals surface area contributed by atoms with Crippen LogP contribution in [0.1, 0.15) is 0 Å². The van der Waals surface area contributed by atoms with Gasteiger partial charge >= 0.3 is 0 Å². The van der Waals surface area contributed by atoms with Crippen LogP contribution in [0.4, 0.5) is 5.82 Å². The Bertz CT molecular complexity index is 861. The van der Waals surface area contributed by atoms with Crippen LogP contribution in [0.2, 0.25) is 0 Å². The topological polar surface area (TPSA) is 51.8 Å². The van der Waals surface area contributed by atoms with Crippen LogP contribution in [0.5, 0.6) is 0 Å². The number of thiophene rings is 3. The number of nitrogens with two attached hydrogens (primary N) is 1. The Kier molecular flexibility index (Phi) is 2.80. The van der Waals surface area contributed by atoms with Gasteiger partial charge in [-0.25, -0.2) is 9.97 Å². The molecule has 0 unspecified atom stereocenters. The van der Waals surface area contributed by atoms with Crippen molar-refractivity contribution in [2.24, 2.45) is 0 Å². The molecule has 4 heterocycles. The molecule has 0 spiro atoms. The summed E-state index contributed by atoms with van der Waals surface area (Å²) in [5, 5.41) is 4.15. The molecule has 0 radical (unpaired) electrons. The summed E-state index contributed by atoms with van der Waals surface area (Å²) in [6, 6.07) is 8.34. The highest BCUT2D eigenvalue weighted by Gasteiger charge is 2.18. The number of hydrogen-bond acceptors (Lipinski definition) is 6. The Hall–Kier alpha value is -1.76. The van der Waals surface area contributed by atoms with Gasteiger partial charge in [-0.1, -0.05) is 12.1 Å². The Labute approximate surface area is 127 Å². The lowest BCUT2D eigenvalue weighted by Gasteiger charge is -1.96. The van der Waals surface area contributed by atoms with E-state index in [0.29, 0.717) is 5.82 Å². The van der Waals surface area contributed by atoms with Crippen molar-refractivity contribution in [2.75, 3.05) is 5.73 Å². The van der Waals surface area contributed by atoms with E-state index >= 15 is 0 Å². The number of aromatic nitrogens is 2. The van der Waals surface area contributed by atoms with E-state index in [1.54, 1.807) is 40.2 Å². The van der Waals surface area contributed by atoms with Gasteiger partial charge in [-0.3, -0.25) is 0 Å². The molecule has 0 bridgehead atoms. The highest BCUT2D eigenvalue weighted by molar-refractivity contribution is 7.27. The zero-order chi connectivity index (χ0) is 13.5. The van der Waals surface area contributed by atoms with Crippen LogP contribution >= 0.6 is 34.0 Å². The van der Waals surface area contributed by atoms with Crippen LogP contribution in [0.15, 0.2) is 41.2 Å². The normalized spacial score (nSPS) is 11.2. The molecule has 4 aromatic heterocycles. The zero-order valence-electron chi connectivity index (χ0n) is 10.2. The van der Waals surface area contributed by atoms with Crippen molar-refractivity contribution in [1.29, 1.82) is 0 Å². The molecule has 0 aliphatic carbocycles. The highest BCUT2D eigenvalue weighted by atomic mass is 32.1. The molecule has 0 aromatic carbocycles. The van der Waals surface area contributed by atoms with E-state index in [4.69, 9.17) is 5.73 Å². The van der Waals surface area contributed by atoms with Gasteiger partial charge in [0, 0.05) is 9.75 Å². The third kappa shape index (κ3) is 1.84. The number of anilines is 1. The molecule has 6 heteroatoms. The quantitative estimate of drug-likeness (QED) is 0.582. The molecule has 4 rings (SSSR count). The summed E-state index contributed by atoms with van der Waals surface area (Å²) >= 11 is 5.17. The number of rotatable bonds is 2. The Balaban J connectivity index is 2.07. The third-order valence-electron chi connectivity index (χ3n) is 2.92. The average Bonchev–Trinajstić information content (AvgIpc) is 3.18. The fourth-order valence-electron chi connectivity index (χ4n) is 2.08. The zero-order valence-corrected chi connectivity index (χ0v) is 12.7. The Morgan fingerprint density at radius 1 is 0.900 bits per heavy atom. The molecule has 20 heavy (non-hydrogen) atoms. The largest absolute Gasteiger partial charge is 0.382 e. The molecule has 0 saturated carbocycles. The molecule has 2 N–H and O–H groups in total. The van der Waals surface area contributed by atoms with Crippen LogP contribution in [0.3, 0.4) is 0 Å². The lowest BCUT2D eigenvalue weighted by atomic mass is 10.3. The van der Waals surface area contributed by atoms with Crippen molar-refractivity contribution in [3.05, 3.63) is 41.2 Å². The van der Waals surface area contributed by atoms with Gasteiger partial charge in [0.1, 0.15) is 16.9 Å². The minimum absolute atomic E-state index is 0.464. The summed E-state index contributed by atoms with van der Waals surface area (Å²) in [5.74, 6) is 0.464. The lowest BCUT2D eigenvalue weighted by Crippen LogP contribution is -1.91. The van der Waals surface area contributed by atoms with Gasteiger partial charge in [0.25, 0.3) is 0 Å². The number of hydrogen-bond donors (Lipinski definition) is 1. The molecule has 4 aromatic rings. The maximum absolute atomic E-state index is 5.81. The van der Waals surface area contributed by atoms with Crippen molar-refractivity contribution in [2.45, 2.75) is 0 Å². The molecular weight excluding hydrogens is 306 g/mol. The Morgan fingerprint density at radius 3 is 2.15 bits per heavy atom. The summed E-state index contributed by atoms with van der Waals surface area (Å²) in [6.07, 6.45) is 1.63. The number of nitrogen functional groups attached to an aromatic ring is 1. The maximum Gasteiger partial charge on any atom is 0.142 e. The minimum atomic E-state index is 0.464. The third-order valence-corrected chi connectivity index (χ3v) is 6.18. The smallest absolute Gasteiger partial charge is 0.142 e. The van der Waals surface area contributed by atoms with E-state index in [9.17, 15) is 0 Å². The van der Waals surface area contributed by atoms with E-state index < -0.39 is 0 Å². The summed E-state index contributed by atoms with van der Waals surface area (Å²) in [5.41, 5.74) is 7.65. The lowest BCUT2D eigenvalue weighted by molar-refractivity contribution is 1.32. The first-order valence-corrected chi connectivity index (χ1v) is 8.53. The summed E-state index contributed by atoms with van der Waals surface area (Å²) in [4.78, 5) is 13.8. The van der Waals surface area contributed by atoms with Crippen LogP contribution in [-0.4, -0.2) is 9.97 Å². The van der Waals surface area contributed by atoms with Crippen LogP contribution < -0.4 is 5.73 Å². The second-order valence-corrected chi connectivity index (χ2v) is 7.12.